The molecule has 0 aromatic carbocycles. The van der Waals surface area contributed by atoms with Crippen molar-refractivity contribution < 1.29 is 13.2 Å². The number of rotatable bonds is 6. The summed E-state index contributed by atoms with van der Waals surface area (Å²) in [6.07, 6.45) is 6.80. The first-order valence-corrected chi connectivity index (χ1v) is 10.7. The zero-order valence-corrected chi connectivity index (χ0v) is 15.5. The third-order valence-corrected chi connectivity index (χ3v) is 7.44. The number of nitrogens with zero attached hydrogens (tertiary/aromatic N) is 1. The van der Waals surface area contributed by atoms with Crippen LogP contribution in [0.1, 0.15) is 62.0 Å². The number of hydrogen-bond acceptors (Lipinski definition) is 4. The van der Waals surface area contributed by atoms with Gasteiger partial charge in [0.05, 0.1) is 9.77 Å². The minimum Gasteiger partial charge on any atom is -0.349 e. The Bertz CT molecular complexity index is 613. The van der Waals surface area contributed by atoms with Crippen LogP contribution in [0.2, 0.25) is 0 Å². The molecule has 1 aliphatic carbocycles. The summed E-state index contributed by atoms with van der Waals surface area (Å²) in [5, 5.41) is 4.63. The van der Waals surface area contributed by atoms with E-state index in [0.717, 1.165) is 25.7 Å². The van der Waals surface area contributed by atoms with Gasteiger partial charge in [0.2, 0.25) is 10.0 Å². The van der Waals surface area contributed by atoms with Gasteiger partial charge in [0.15, 0.2) is 0 Å². The highest BCUT2D eigenvalue weighted by molar-refractivity contribution is 7.89. The summed E-state index contributed by atoms with van der Waals surface area (Å²) in [6.45, 7) is 4.48. The van der Waals surface area contributed by atoms with E-state index in [0.29, 0.717) is 18.0 Å². The fourth-order valence-corrected chi connectivity index (χ4v) is 5.59. The van der Waals surface area contributed by atoms with Gasteiger partial charge in [-0.3, -0.25) is 4.79 Å². The van der Waals surface area contributed by atoms with Gasteiger partial charge in [-0.15, -0.1) is 11.3 Å². The first kappa shape index (κ1) is 18.4. The van der Waals surface area contributed by atoms with Crippen LogP contribution in [0.15, 0.2) is 16.3 Å². The minimum absolute atomic E-state index is 0.150. The summed E-state index contributed by atoms with van der Waals surface area (Å²) < 4.78 is 26.3. The summed E-state index contributed by atoms with van der Waals surface area (Å²) in [7, 11) is -3.49. The van der Waals surface area contributed by atoms with Crippen molar-refractivity contribution in [3.63, 3.8) is 0 Å². The van der Waals surface area contributed by atoms with E-state index in [1.807, 2.05) is 13.8 Å². The number of amides is 1. The molecule has 130 valence electrons. The van der Waals surface area contributed by atoms with Crippen LogP contribution < -0.4 is 5.32 Å². The molecule has 0 bridgehead atoms. The summed E-state index contributed by atoms with van der Waals surface area (Å²) in [6, 6.07) is 1.72. The van der Waals surface area contributed by atoms with Crippen LogP contribution >= 0.6 is 11.3 Å². The van der Waals surface area contributed by atoms with E-state index in [4.69, 9.17) is 0 Å². The third-order valence-electron chi connectivity index (χ3n) is 4.33. The molecule has 1 fully saturated rings. The molecular formula is C16H26N2O3S2. The molecule has 0 spiro atoms. The van der Waals surface area contributed by atoms with Crippen molar-refractivity contribution in [2.24, 2.45) is 0 Å². The Hall–Kier alpha value is -0.920. The number of carbonyl (C=O) groups is 1. The van der Waals surface area contributed by atoms with Crippen molar-refractivity contribution >= 4 is 27.3 Å². The fraction of sp³-hybridized carbons (Fsp3) is 0.688. The van der Waals surface area contributed by atoms with Gasteiger partial charge in [-0.05, 0) is 18.9 Å². The topological polar surface area (TPSA) is 66.5 Å². The smallest absolute Gasteiger partial charge is 0.261 e. The normalized spacial score (nSPS) is 17.2. The molecule has 1 N–H and O–H groups in total. The van der Waals surface area contributed by atoms with Crippen LogP contribution in [0.5, 0.6) is 0 Å². The standard InChI is InChI=1S/C16H26N2O3S2/c1-3-18(4-2)23(20,21)14-11-15(22-12-14)16(19)17-13-9-7-5-6-8-10-13/h11-13H,3-10H2,1-2H3,(H,17,19). The van der Waals surface area contributed by atoms with Crippen molar-refractivity contribution in [1.29, 1.82) is 0 Å². The molecule has 1 aliphatic rings. The zero-order valence-electron chi connectivity index (χ0n) is 13.9. The second-order valence-corrected chi connectivity index (χ2v) is 8.75. The lowest BCUT2D eigenvalue weighted by molar-refractivity contribution is 0.0937. The Labute approximate surface area is 143 Å². The van der Waals surface area contributed by atoms with Crippen molar-refractivity contribution in [3.05, 3.63) is 16.3 Å². The number of sulfonamides is 1. The minimum atomic E-state index is -3.49. The highest BCUT2D eigenvalue weighted by Crippen LogP contribution is 2.23. The third kappa shape index (κ3) is 4.55. The average molecular weight is 359 g/mol. The molecule has 7 heteroatoms. The molecule has 1 aromatic heterocycles. The monoisotopic (exact) mass is 358 g/mol. The Morgan fingerprint density at radius 2 is 1.83 bits per heavy atom. The molecular weight excluding hydrogens is 332 g/mol. The van der Waals surface area contributed by atoms with Crippen molar-refractivity contribution in [2.75, 3.05) is 13.1 Å². The van der Waals surface area contributed by atoms with Gasteiger partial charge >= 0.3 is 0 Å². The van der Waals surface area contributed by atoms with Gasteiger partial charge in [-0.1, -0.05) is 39.5 Å². The van der Waals surface area contributed by atoms with E-state index in [2.05, 4.69) is 5.32 Å². The average Bonchev–Trinajstić information content (AvgIpc) is 2.89. The molecule has 0 unspecified atom stereocenters. The SMILES string of the molecule is CCN(CC)S(=O)(=O)c1csc(C(=O)NC2CCCCCC2)c1. The molecule has 2 rings (SSSR count). The van der Waals surface area contributed by atoms with Crippen molar-refractivity contribution in [3.8, 4) is 0 Å². The van der Waals surface area contributed by atoms with Crippen LogP contribution in [0.3, 0.4) is 0 Å². The molecule has 0 saturated heterocycles. The van der Waals surface area contributed by atoms with Crippen LogP contribution in [-0.4, -0.2) is 37.8 Å². The lowest BCUT2D eigenvalue weighted by Gasteiger charge is -2.17. The largest absolute Gasteiger partial charge is 0.349 e. The lowest BCUT2D eigenvalue weighted by atomic mass is 10.1. The number of nitrogens with one attached hydrogen (secondary N) is 1. The molecule has 0 atom stereocenters. The second-order valence-electron chi connectivity index (χ2n) is 5.90. The maximum absolute atomic E-state index is 12.5. The quantitative estimate of drug-likeness (QED) is 0.794. The molecule has 0 aliphatic heterocycles. The maximum atomic E-state index is 12.5. The highest BCUT2D eigenvalue weighted by atomic mass is 32.2. The van der Waals surface area contributed by atoms with Gasteiger partial charge in [-0.2, -0.15) is 4.31 Å². The van der Waals surface area contributed by atoms with Gasteiger partial charge < -0.3 is 5.32 Å². The molecule has 1 amide bonds. The van der Waals surface area contributed by atoms with Crippen LogP contribution in [0, 0.1) is 0 Å². The van der Waals surface area contributed by atoms with E-state index in [1.54, 1.807) is 5.38 Å². The molecule has 23 heavy (non-hydrogen) atoms. The van der Waals surface area contributed by atoms with Crippen LogP contribution in [0.25, 0.3) is 0 Å². The summed E-state index contributed by atoms with van der Waals surface area (Å²) in [5.74, 6) is -0.150. The second kappa shape index (κ2) is 8.26. The predicted octanol–water partition coefficient (Wildman–Crippen LogP) is 3.23. The molecule has 5 nitrogen and oxygen atoms in total. The van der Waals surface area contributed by atoms with Gasteiger partial charge in [0, 0.05) is 24.5 Å². The summed E-state index contributed by atoms with van der Waals surface area (Å²) in [5.41, 5.74) is 0. The van der Waals surface area contributed by atoms with Crippen molar-refractivity contribution in [1.82, 2.24) is 9.62 Å². The zero-order chi connectivity index (χ0) is 16.9. The van der Waals surface area contributed by atoms with Gasteiger partial charge in [0.25, 0.3) is 5.91 Å². The molecule has 1 saturated carbocycles. The van der Waals surface area contributed by atoms with Crippen molar-refractivity contribution in [2.45, 2.75) is 63.3 Å². The first-order valence-electron chi connectivity index (χ1n) is 8.38. The van der Waals surface area contributed by atoms with E-state index in [1.165, 1.54) is 34.6 Å². The Kier molecular flexibility index (Phi) is 6.61. The molecule has 1 aromatic rings. The van der Waals surface area contributed by atoms with Crippen LogP contribution in [0.4, 0.5) is 0 Å². The highest BCUT2D eigenvalue weighted by Gasteiger charge is 2.25. The van der Waals surface area contributed by atoms with E-state index in [-0.39, 0.29) is 16.8 Å². The van der Waals surface area contributed by atoms with E-state index < -0.39 is 10.0 Å². The fourth-order valence-electron chi connectivity index (χ4n) is 2.97. The Morgan fingerprint density at radius 3 is 2.39 bits per heavy atom. The van der Waals surface area contributed by atoms with E-state index >= 15 is 0 Å². The first-order chi connectivity index (χ1) is 11.0. The van der Waals surface area contributed by atoms with Gasteiger partial charge in [0.1, 0.15) is 0 Å². The maximum Gasteiger partial charge on any atom is 0.261 e. The molecule has 0 radical (unpaired) electrons. The Morgan fingerprint density at radius 1 is 1.22 bits per heavy atom. The molecule has 1 heterocycles. The predicted molar refractivity (Wildman–Crippen MR) is 93.4 cm³/mol. The van der Waals surface area contributed by atoms with Crippen LogP contribution in [-0.2, 0) is 10.0 Å². The number of hydrogen-bond donors (Lipinski definition) is 1. The Balaban J connectivity index is 2.07. The summed E-state index contributed by atoms with van der Waals surface area (Å²) >= 11 is 1.20. The number of carbonyl (C=O) groups excluding carboxylic acids is 1. The number of thiophene rings is 1. The van der Waals surface area contributed by atoms with Gasteiger partial charge in [-0.25, -0.2) is 8.42 Å². The van der Waals surface area contributed by atoms with E-state index in [9.17, 15) is 13.2 Å². The summed E-state index contributed by atoms with van der Waals surface area (Å²) in [4.78, 5) is 13.1. The lowest BCUT2D eigenvalue weighted by Crippen LogP contribution is -2.34.